The molecule has 1 N–H and O–H groups in total. The second kappa shape index (κ2) is 5.56. The Morgan fingerprint density at radius 1 is 1.60 bits per heavy atom. The number of carbonyl (C=O) groups is 1. The molecule has 1 rings (SSSR count). The molecule has 1 aromatic heterocycles. The standard InChI is InChI=1S/C11H13NO2S/c1-8(2)4-6-15-9-3-5-12-10(7-9)11(13)14/h3-5,7H,6H2,1-2H3,(H,13,14). The van der Waals surface area contributed by atoms with Crippen LogP contribution in [0.4, 0.5) is 0 Å². The highest BCUT2D eigenvalue weighted by atomic mass is 32.2. The number of rotatable bonds is 4. The van der Waals surface area contributed by atoms with Crippen LogP contribution in [0.2, 0.25) is 0 Å². The van der Waals surface area contributed by atoms with Gasteiger partial charge < -0.3 is 5.11 Å². The second-order valence-corrected chi connectivity index (χ2v) is 4.37. The first-order valence-electron chi connectivity index (χ1n) is 4.55. The lowest BCUT2D eigenvalue weighted by atomic mass is 10.3. The maximum Gasteiger partial charge on any atom is 0.354 e. The third kappa shape index (κ3) is 4.16. The predicted molar refractivity (Wildman–Crippen MR) is 61.4 cm³/mol. The number of hydrogen-bond acceptors (Lipinski definition) is 3. The quantitative estimate of drug-likeness (QED) is 0.630. The summed E-state index contributed by atoms with van der Waals surface area (Å²) in [5.74, 6) is -0.134. The molecule has 1 heterocycles. The monoisotopic (exact) mass is 223 g/mol. The topological polar surface area (TPSA) is 50.2 Å². The third-order valence-electron chi connectivity index (χ3n) is 1.69. The van der Waals surface area contributed by atoms with E-state index in [1.54, 1.807) is 17.8 Å². The Hall–Kier alpha value is -1.29. The molecule has 1 aromatic rings. The lowest BCUT2D eigenvalue weighted by molar-refractivity contribution is 0.0690. The number of pyridine rings is 1. The SMILES string of the molecule is CC(C)=CCSc1ccnc(C(=O)O)c1. The van der Waals surface area contributed by atoms with Crippen molar-refractivity contribution in [2.75, 3.05) is 5.75 Å². The first-order valence-corrected chi connectivity index (χ1v) is 5.53. The van der Waals surface area contributed by atoms with Crippen LogP contribution in [0.1, 0.15) is 24.3 Å². The zero-order chi connectivity index (χ0) is 11.3. The van der Waals surface area contributed by atoms with Crippen molar-refractivity contribution in [3.63, 3.8) is 0 Å². The predicted octanol–water partition coefficient (Wildman–Crippen LogP) is 2.84. The summed E-state index contributed by atoms with van der Waals surface area (Å²) in [5, 5.41) is 8.74. The smallest absolute Gasteiger partial charge is 0.354 e. The molecule has 80 valence electrons. The average molecular weight is 223 g/mol. The van der Waals surface area contributed by atoms with Gasteiger partial charge in [0.15, 0.2) is 0 Å². The van der Waals surface area contributed by atoms with Crippen molar-refractivity contribution >= 4 is 17.7 Å². The van der Waals surface area contributed by atoms with E-state index in [1.807, 2.05) is 19.9 Å². The van der Waals surface area contributed by atoms with Gasteiger partial charge in [0.1, 0.15) is 5.69 Å². The molecule has 0 saturated carbocycles. The van der Waals surface area contributed by atoms with Crippen molar-refractivity contribution in [1.82, 2.24) is 4.98 Å². The van der Waals surface area contributed by atoms with Crippen LogP contribution in [-0.2, 0) is 0 Å². The van der Waals surface area contributed by atoms with Gasteiger partial charge in [-0.2, -0.15) is 0 Å². The van der Waals surface area contributed by atoms with Gasteiger partial charge in [0.25, 0.3) is 0 Å². The number of carboxylic acid groups (broad SMARTS) is 1. The largest absolute Gasteiger partial charge is 0.477 e. The molecule has 0 fully saturated rings. The highest BCUT2D eigenvalue weighted by molar-refractivity contribution is 7.99. The molecule has 0 amide bonds. The first-order chi connectivity index (χ1) is 7.09. The summed E-state index contributed by atoms with van der Waals surface area (Å²) in [5.41, 5.74) is 1.35. The number of carboxylic acids is 1. The number of allylic oxidation sites excluding steroid dienone is 1. The molecule has 0 unspecified atom stereocenters. The zero-order valence-electron chi connectivity index (χ0n) is 8.73. The Kier molecular flexibility index (Phi) is 4.37. The Labute approximate surface area is 93.2 Å². The molecular weight excluding hydrogens is 210 g/mol. The number of aromatic nitrogens is 1. The van der Waals surface area contributed by atoms with Gasteiger partial charge in [0.2, 0.25) is 0 Å². The Balaban J connectivity index is 2.66. The molecule has 0 radical (unpaired) electrons. The molecule has 0 bridgehead atoms. The van der Waals surface area contributed by atoms with Crippen LogP contribution in [0.3, 0.4) is 0 Å². The van der Waals surface area contributed by atoms with E-state index in [0.717, 1.165) is 10.6 Å². The molecule has 0 aliphatic rings. The highest BCUT2D eigenvalue weighted by Gasteiger charge is 2.04. The van der Waals surface area contributed by atoms with Crippen molar-refractivity contribution in [2.45, 2.75) is 18.7 Å². The summed E-state index contributed by atoms with van der Waals surface area (Å²) in [6, 6.07) is 3.40. The number of aromatic carboxylic acids is 1. The van der Waals surface area contributed by atoms with Gasteiger partial charge in [-0.05, 0) is 26.0 Å². The summed E-state index contributed by atoms with van der Waals surface area (Å²) >= 11 is 1.60. The second-order valence-electron chi connectivity index (χ2n) is 3.27. The number of thioether (sulfide) groups is 1. The van der Waals surface area contributed by atoms with Crippen LogP contribution in [0, 0.1) is 0 Å². The number of hydrogen-bond donors (Lipinski definition) is 1. The Morgan fingerprint density at radius 2 is 2.33 bits per heavy atom. The van der Waals surface area contributed by atoms with Gasteiger partial charge in [0, 0.05) is 16.8 Å². The van der Waals surface area contributed by atoms with Crippen LogP contribution in [-0.4, -0.2) is 21.8 Å². The molecular formula is C11H13NO2S. The molecule has 0 aliphatic carbocycles. The summed E-state index contributed by atoms with van der Waals surface area (Å²) in [4.78, 5) is 15.3. The van der Waals surface area contributed by atoms with Gasteiger partial charge in [0.05, 0.1) is 0 Å². The van der Waals surface area contributed by atoms with Crippen LogP contribution >= 0.6 is 11.8 Å². The van der Waals surface area contributed by atoms with Gasteiger partial charge in [-0.15, -0.1) is 11.8 Å². The fourth-order valence-corrected chi connectivity index (χ4v) is 1.88. The third-order valence-corrected chi connectivity index (χ3v) is 2.61. The molecule has 0 spiro atoms. The van der Waals surface area contributed by atoms with E-state index in [-0.39, 0.29) is 5.69 Å². The number of nitrogens with zero attached hydrogens (tertiary/aromatic N) is 1. The molecule has 0 aromatic carbocycles. The normalized spacial score (nSPS) is 9.73. The first kappa shape index (κ1) is 11.8. The van der Waals surface area contributed by atoms with E-state index < -0.39 is 5.97 Å². The van der Waals surface area contributed by atoms with Crippen LogP contribution in [0.25, 0.3) is 0 Å². The Bertz CT molecular complexity index is 384. The maximum absolute atomic E-state index is 10.7. The fourth-order valence-electron chi connectivity index (χ4n) is 0.922. The molecule has 0 aliphatic heterocycles. The van der Waals surface area contributed by atoms with Gasteiger partial charge in [-0.1, -0.05) is 11.6 Å². The average Bonchev–Trinajstić information content (AvgIpc) is 2.17. The lowest BCUT2D eigenvalue weighted by Gasteiger charge is -1.99. The van der Waals surface area contributed by atoms with Crippen LogP contribution in [0.5, 0.6) is 0 Å². The molecule has 15 heavy (non-hydrogen) atoms. The fraction of sp³-hybridized carbons (Fsp3) is 0.273. The summed E-state index contributed by atoms with van der Waals surface area (Å²) in [7, 11) is 0. The summed E-state index contributed by atoms with van der Waals surface area (Å²) in [6.45, 7) is 4.07. The molecule has 0 saturated heterocycles. The Morgan fingerprint density at radius 3 is 2.93 bits per heavy atom. The van der Waals surface area contributed by atoms with Gasteiger partial charge in [-0.25, -0.2) is 9.78 Å². The minimum absolute atomic E-state index is 0.0946. The summed E-state index contributed by atoms with van der Waals surface area (Å²) < 4.78 is 0. The van der Waals surface area contributed by atoms with Gasteiger partial charge >= 0.3 is 5.97 Å². The van der Waals surface area contributed by atoms with Gasteiger partial charge in [-0.3, -0.25) is 0 Å². The van der Waals surface area contributed by atoms with E-state index in [1.165, 1.54) is 11.8 Å². The lowest BCUT2D eigenvalue weighted by Crippen LogP contribution is -1.99. The molecule has 3 nitrogen and oxygen atoms in total. The van der Waals surface area contributed by atoms with Crippen LogP contribution in [0.15, 0.2) is 34.9 Å². The molecule has 0 atom stereocenters. The van der Waals surface area contributed by atoms with Crippen molar-refractivity contribution in [3.8, 4) is 0 Å². The zero-order valence-corrected chi connectivity index (χ0v) is 9.54. The van der Waals surface area contributed by atoms with E-state index >= 15 is 0 Å². The van der Waals surface area contributed by atoms with Crippen molar-refractivity contribution in [3.05, 3.63) is 35.7 Å². The van der Waals surface area contributed by atoms with E-state index in [0.29, 0.717) is 0 Å². The van der Waals surface area contributed by atoms with E-state index in [4.69, 9.17) is 5.11 Å². The maximum atomic E-state index is 10.7. The minimum Gasteiger partial charge on any atom is -0.477 e. The van der Waals surface area contributed by atoms with Crippen molar-refractivity contribution in [2.24, 2.45) is 0 Å². The minimum atomic E-state index is -0.986. The highest BCUT2D eigenvalue weighted by Crippen LogP contribution is 2.18. The van der Waals surface area contributed by atoms with Crippen LogP contribution < -0.4 is 0 Å². The van der Waals surface area contributed by atoms with Crippen molar-refractivity contribution in [1.29, 1.82) is 0 Å². The van der Waals surface area contributed by atoms with E-state index in [2.05, 4.69) is 11.1 Å². The van der Waals surface area contributed by atoms with Crippen molar-refractivity contribution < 1.29 is 9.90 Å². The summed E-state index contributed by atoms with van der Waals surface area (Å²) in [6.07, 6.45) is 3.62. The van der Waals surface area contributed by atoms with E-state index in [9.17, 15) is 4.79 Å². The molecule has 4 heteroatoms.